The fraction of sp³-hybridized carbons (Fsp3) is 0.100. The van der Waals surface area contributed by atoms with Gasteiger partial charge in [-0.2, -0.15) is 13.2 Å². The normalized spacial score (nSPS) is 12.3. The molecule has 112 valence electrons. The standard InChI is InChI=1S/C10H4Cl3F3N4O/c11-3-1-4(12)6(5(13)2-3)17-18-7-8(10(14,15)16)19-20-9(7)21/h1-2H,(H2,19,20,21). The maximum absolute atomic E-state index is 12.6. The highest BCUT2D eigenvalue weighted by Crippen LogP contribution is 2.38. The topological polar surface area (TPSA) is 73.4 Å². The van der Waals surface area contributed by atoms with Crippen LogP contribution in [-0.4, -0.2) is 10.2 Å². The third-order valence-corrected chi connectivity index (χ3v) is 3.06. The summed E-state index contributed by atoms with van der Waals surface area (Å²) in [7, 11) is 0. The van der Waals surface area contributed by atoms with Gasteiger partial charge in [-0.15, -0.1) is 10.2 Å². The molecule has 0 bridgehead atoms. The lowest BCUT2D eigenvalue weighted by Gasteiger charge is -2.03. The Balaban J connectivity index is 2.49. The molecule has 1 aromatic heterocycles. The van der Waals surface area contributed by atoms with Gasteiger partial charge in [0.25, 0.3) is 5.56 Å². The molecule has 0 saturated heterocycles. The Morgan fingerprint density at radius 3 is 2.00 bits per heavy atom. The van der Waals surface area contributed by atoms with Gasteiger partial charge >= 0.3 is 6.18 Å². The van der Waals surface area contributed by atoms with Gasteiger partial charge in [0.15, 0.2) is 11.4 Å². The second kappa shape index (κ2) is 5.70. The fourth-order valence-electron chi connectivity index (χ4n) is 1.38. The molecule has 5 nitrogen and oxygen atoms in total. The SMILES string of the molecule is O=c1[nH][nH]c(C(F)(F)F)c1N=Nc1c(Cl)cc(Cl)cc1Cl. The van der Waals surface area contributed by atoms with Crippen LogP contribution in [0, 0.1) is 0 Å². The first-order chi connectivity index (χ1) is 9.70. The van der Waals surface area contributed by atoms with E-state index in [1.165, 1.54) is 12.1 Å². The predicted molar refractivity (Wildman–Crippen MR) is 72.1 cm³/mol. The van der Waals surface area contributed by atoms with E-state index in [2.05, 4.69) is 10.2 Å². The molecule has 1 aromatic carbocycles. The number of aromatic amines is 2. The zero-order valence-electron chi connectivity index (χ0n) is 9.73. The molecule has 2 rings (SSSR count). The van der Waals surface area contributed by atoms with E-state index >= 15 is 0 Å². The number of hydrogen-bond acceptors (Lipinski definition) is 3. The highest BCUT2D eigenvalue weighted by atomic mass is 35.5. The van der Waals surface area contributed by atoms with Gasteiger partial charge in [-0.05, 0) is 12.1 Å². The van der Waals surface area contributed by atoms with Gasteiger partial charge in [-0.1, -0.05) is 34.8 Å². The maximum atomic E-state index is 12.6. The second-order valence-electron chi connectivity index (χ2n) is 3.72. The first kappa shape index (κ1) is 15.9. The number of alkyl halides is 3. The van der Waals surface area contributed by atoms with Crippen molar-refractivity contribution in [2.75, 3.05) is 0 Å². The maximum Gasteiger partial charge on any atom is 0.435 e. The quantitative estimate of drug-likeness (QED) is 0.720. The van der Waals surface area contributed by atoms with Crippen LogP contribution >= 0.6 is 34.8 Å². The molecule has 1 heterocycles. The van der Waals surface area contributed by atoms with E-state index < -0.39 is 23.1 Å². The van der Waals surface area contributed by atoms with Crippen LogP contribution in [0.15, 0.2) is 27.2 Å². The minimum atomic E-state index is -4.79. The predicted octanol–water partition coefficient (Wildman–Crippen LogP) is 5.10. The molecule has 0 fully saturated rings. The number of nitrogens with one attached hydrogen (secondary N) is 2. The molecular formula is C10H4Cl3F3N4O. The average Bonchev–Trinajstić information content (AvgIpc) is 2.69. The van der Waals surface area contributed by atoms with E-state index in [0.717, 1.165) is 0 Å². The Morgan fingerprint density at radius 1 is 0.952 bits per heavy atom. The van der Waals surface area contributed by atoms with Crippen molar-refractivity contribution in [3.63, 3.8) is 0 Å². The van der Waals surface area contributed by atoms with Crippen LogP contribution in [0.4, 0.5) is 24.5 Å². The Hall–Kier alpha value is -1.51. The summed E-state index contributed by atoms with van der Waals surface area (Å²) < 4.78 is 37.9. The van der Waals surface area contributed by atoms with Crippen LogP contribution in [0.3, 0.4) is 0 Å². The highest BCUT2D eigenvalue weighted by molar-refractivity contribution is 6.41. The number of halogens is 6. The molecule has 0 unspecified atom stereocenters. The zero-order chi connectivity index (χ0) is 15.8. The van der Waals surface area contributed by atoms with E-state index in [1.807, 2.05) is 0 Å². The molecule has 0 radical (unpaired) electrons. The summed E-state index contributed by atoms with van der Waals surface area (Å²) in [6, 6.07) is 2.57. The van der Waals surface area contributed by atoms with Gasteiger partial charge in [0.1, 0.15) is 5.69 Å². The van der Waals surface area contributed by atoms with Crippen molar-refractivity contribution in [2.45, 2.75) is 6.18 Å². The third-order valence-electron chi connectivity index (χ3n) is 2.27. The van der Waals surface area contributed by atoms with Crippen LogP contribution in [0.1, 0.15) is 5.69 Å². The van der Waals surface area contributed by atoms with Gasteiger partial charge in [0, 0.05) is 5.02 Å². The van der Waals surface area contributed by atoms with Crippen molar-refractivity contribution in [3.05, 3.63) is 43.2 Å². The summed E-state index contributed by atoms with van der Waals surface area (Å²) in [5.41, 5.74) is -3.45. The summed E-state index contributed by atoms with van der Waals surface area (Å²) in [5, 5.41) is 10.4. The molecular weight excluding hydrogens is 355 g/mol. The lowest BCUT2D eigenvalue weighted by Crippen LogP contribution is -2.06. The van der Waals surface area contributed by atoms with Crippen molar-refractivity contribution in [1.29, 1.82) is 0 Å². The highest BCUT2D eigenvalue weighted by Gasteiger charge is 2.37. The first-order valence-corrected chi connectivity index (χ1v) is 6.27. The van der Waals surface area contributed by atoms with Gasteiger partial charge in [-0.25, -0.2) is 0 Å². The number of aromatic nitrogens is 2. The fourth-order valence-corrected chi connectivity index (χ4v) is 2.27. The van der Waals surface area contributed by atoms with Crippen LogP contribution in [0.5, 0.6) is 0 Å². The van der Waals surface area contributed by atoms with Crippen molar-refractivity contribution in [2.24, 2.45) is 10.2 Å². The van der Waals surface area contributed by atoms with Crippen molar-refractivity contribution < 1.29 is 13.2 Å². The summed E-state index contributed by atoms with van der Waals surface area (Å²) >= 11 is 17.3. The number of azo groups is 1. The van der Waals surface area contributed by atoms with Crippen molar-refractivity contribution >= 4 is 46.2 Å². The Bertz CT molecular complexity index is 743. The second-order valence-corrected chi connectivity index (χ2v) is 4.97. The van der Waals surface area contributed by atoms with Crippen molar-refractivity contribution in [3.8, 4) is 0 Å². The largest absolute Gasteiger partial charge is 0.435 e. The molecule has 0 aliphatic heterocycles. The van der Waals surface area contributed by atoms with E-state index in [1.54, 1.807) is 10.2 Å². The summed E-state index contributed by atoms with van der Waals surface area (Å²) in [6.45, 7) is 0. The number of rotatable bonds is 2. The van der Waals surface area contributed by atoms with E-state index in [9.17, 15) is 18.0 Å². The van der Waals surface area contributed by atoms with Crippen LogP contribution in [-0.2, 0) is 6.18 Å². The van der Waals surface area contributed by atoms with E-state index in [4.69, 9.17) is 34.8 Å². The van der Waals surface area contributed by atoms with E-state index in [0.29, 0.717) is 0 Å². The van der Waals surface area contributed by atoms with Gasteiger partial charge in [-0.3, -0.25) is 15.0 Å². The minimum absolute atomic E-state index is 0.0169. The van der Waals surface area contributed by atoms with Gasteiger partial charge in [0.05, 0.1) is 10.0 Å². The molecule has 0 saturated carbocycles. The molecule has 0 atom stereocenters. The Labute approximate surface area is 129 Å². The molecule has 0 aliphatic rings. The summed E-state index contributed by atoms with van der Waals surface area (Å²) in [6.07, 6.45) is -4.79. The number of nitrogens with zero attached hydrogens (tertiary/aromatic N) is 2. The van der Waals surface area contributed by atoms with Crippen LogP contribution in [0.25, 0.3) is 0 Å². The molecule has 2 aromatic rings. The molecule has 11 heteroatoms. The van der Waals surface area contributed by atoms with Crippen LogP contribution < -0.4 is 5.56 Å². The number of benzene rings is 1. The van der Waals surface area contributed by atoms with Crippen molar-refractivity contribution in [1.82, 2.24) is 10.2 Å². The van der Waals surface area contributed by atoms with Gasteiger partial charge < -0.3 is 0 Å². The third kappa shape index (κ3) is 3.39. The Morgan fingerprint density at radius 2 is 1.48 bits per heavy atom. The number of hydrogen-bond donors (Lipinski definition) is 2. The molecule has 21 heavy (non-hydrogen) atoms. The lowest BCUT2D eigenvalue weighted by atomic mass is 10.3. The molecule has 0 spiro atoms. The summed E-state index contributed by atoms with van der Waals surface area (Å²) in [4.78, 5) is 11.3. The monoisotopic (exact) mass is 358 g/mol. The first-order valence-electron chi connectivity index (χ1n) is 5.14. The summed E-state index contributed by atoms with van der Waals surface area (Å²) in [5.74, 6) is 0. The minimum Gasteiger partial charge on any atom is -0.292 e. The molecule has 0 amide bonds. The smallest absolute Gasteiger partial charge is 0.292 e. The molecule has 0 aliphatic carbocycles. The lowest BCUT2D eigenvalue weighted by molar-refractivity contribution is -0.140. The average molecular weight is 360 g/mol. The Kier molecular flexibility index (Phi) is 4.31. The van der Waals surface area contributed by atoms with Gasteiger partial charge in [0.2, 0.25) is 0 Å². The van der Waals surface area contributed by atoms with Crippen LogP contribution in [0.2, 0.25) is 15.1 Å². The van der Waals surface area contributed by atoms with E-state index in [-0.39, 0.29) is 20.8 Å². The zero-order valence-corrected chi connectivity index (χ0v) is 12.0. The number of H-pyrrole nitrogens is 2. The molecule has 2 N–H and O–H groups in total.